The van der Waals surface area contributed by atoms with E-state index in [1.807, 2.05) is 66.7 Å². The van der Waals surface area contributed by atoms with Gasteiger partial charge in [0.15, 0.2) is 0 Å². The van der Waals surface area contributed by atoms with Crippen molar-refractivity contribution in [2.75, 3.05) is 0 Å². The van der Waals surface area contributed by atoms with Gasteiger partial charge >= 0.3 is 11.9 Å². The van der Waals surface area contributed by atoms with Gasteiger partial charge in [-0.2, -0.15) is 0 Å². The lowest BCUT2D eigenvalue weighted by Crippen LogP contribution is -2.40. The second-order valence-corrected chi connectivity index (χ2v) is 21.5. The number of carbonyl (C=O) groups excluding carboxylic acids is 2. The van der Waals surface area contributed by atoms with E-state index in [1.54, 1.807) is 0 Å². The topological polar surface area (TPSA) is 52.6 Å². The third kappa shape index (κ3) is 11.8. The van der Waals surface area contributed by atoms with Gasteiger partial charge in [0, 0.05) is 25.9 Å². The molecule has 7 rings (SSSR count). The van der Waals surface area contributed by atoms with Crippen LogP contribution < -0.4 is 0 Å². The van der Waals surface area contributed by atoms with E-state index in [-0.39, 0.29) is 36.0 Å². The highest BCUT2D eigenvalue weighted by atomic mass is 79.9. The highest BCUT2D eigenvalue weighted by Gasteiger charge is 2.47. The molecule has 3 aliphatic carbocycles. The predicted octanol–water partition coefficient (Wildman–Crippen LogP) is 15.9. The monoisotopic (exact) mass is 984 g/mol. The van der Waals surface area contributed by atoms with Gasteiger partial charge in [0.05, 0.1) is 5.57 Å². The summed E-state index contributed by atoms with van der Waals surface area (Å²) in [4.78, 5) is 30.5. The van der Waals surface area contributed by atoms with Gasteiger partial charge in [0.1, 0.15) is 12.2 Å². The second-order valence-electron chi connectivity index (χ2n) is 19.6. The van der Waals surface area contributed by atoms with E-state index in [2.05, 4.69) is 146 Å². The van der Waals surface area contributed by atoms with Crippen molar-refractivity contribution in [3.8, 4) is 0 Å². The first-order valence-corrected chi connectivity index (χ1v) is 25.3. The molecule has 6 heteroatoms. The van der Waals surface area contributed by atoms with Gasteiger partial charge in [-0.05, 0) is 138 Å². The molecule has 4 nitrogen and oxygen atoms in total. The van der Waals surface area contributed by atoms with E-state index in [0.717, 1.165) is 75.3 Å². The average molecular weight is 987 g/mol. The lowest BCUT2D eigenvalue weighted by molar-refractivity contribution is -0.153. The molecule has 4 aromatic rings. The first kappa shape index (κ1) is 47.7. The number of hydrogen-bond acceptors (Lipinski definition) is 4. The van der Waals surface area contributed by atoms with Crippen LogP contribution in [0.1, 0.15) is 121 Å². The van der Waals surface area contributed by atoms with Crippen LogP contribution in [0.2, 0.25) is 0 Å². The van der Waals surface area contributed by atoms with Crippen molar-refractivity contribution >= 4 is 62.0 Å². The van der Waals surface area contributed by atoms with Crippen molar-refractivity contribution < 1.29 is 19.1 Å². The van der Waals surface area contributed by atoms with E-state index in [4.69, 9.17) is 9.47 Å². The third-order valence-electron chi connectivity index (χ3n) is 14.4. The highest BCUT2D eigenvalue weighted by Crippen LogP contribution is 2.55. The zero-order valence-electron chi connectivity index (χ0n) is 38.5. The minimum atomic E-state index is -0.868. The fourth-order valence-electron chi connectivity index (χ4n) is 10.6. The van der Waals surface area contributed by atoms with Crippen molar-refractivity contribution in [2.45, 2.75) is 111 Å². The van der Waals surface area contributed by atoms with Crippen LogP contribution in [0.25, 0.3) is 18.2 Å². The zero-order chi connectivity index (χ0) is 45.4. The lowest BCUT2D eigenvalue weighted by Gasteiger charge is -2.44. The molecule has 0 unspecified atom stereocenters. The minimum absolute atomic E-state index is 0.154. The van der Waals surface area contributed by atoms with Crippen LogP contribution in [-0.2, 0) is 19.1 Å². The molecule has 0 amide bonds. The fraction of sp³-hybridized carbons (Fsp3) is 0.414. The quantitative estimate of drug-likeness (QED) is 0.0989. The maximum absolute atomic E-state index is 15.5. The summed E-state index contributed by atoms with van der Waals surface area (Å²) in [6.07, 6.45) is 17.6. The van der Waals surface area contributed by atoms with Gasteiger partial charge in [0.25, 0.3) is 0 Å². The minimum Gasteiger partial charge on any atom is -0.459 e. The molecule has 0 radical (unpaired) electrons. The summed E-state index contributed by atoms with van der Waals surface area (Å²) in [5.74, 6) is 1.43. The molecule has 0 aliphatic heterocycles. The summed E-state index contributed by atoms with van der Waals surface area (Å²) < 4.78 is 15.5. The molecule has 0 aromatic heterocycles. The number of ether oxygens (including phenoxy) is 2. The van der Waals surface area contributed by atoms with Crippen LogP contribution in [0, 0.1) is 40.9 Å². The van der Waals surface area contributed by atoms with Crippen LogP contribution in [0.4, 0.5) is 0 Å². The molecular weight excluding hydrogens is 920 g/mol. The zero-order valence-corrected chi connectivity index (χ0v) is 41.7. The predicted molar refractivity (Wildman–Crippen MR) is 271 cm³/mol. The van der Waals surface area contributed by atoms with Crippen molar-refractivity contribution in [3.05, 3.63) is 169 Å². The van der Waals surface area contributed by atoms with Gasteiger partial charge < -0.3 is 9.47 Å². The maximum Gasteiger partial charge on any atom is 0.338 e. The largest absolute Gasteiger partial charge is 0.459 e. The summed E-state index contributed by atoms with van der Waals surface area (Å²) in [6, 6.07) is 37.0. The summed E-state index contributed by atoms with van der Waals surface area (Å²) >= 11 is 7.24. The van der Waals surface area contributed by atoms with Crippen LogP contribution in [0.15, 0.2) is 147 Å². The van der Waals surface area contributed by atoms with Crippen molar-refractivity contribution in [2.24, 2.45) is 40.9 Å². The normalized spacial score (nSPS) is 26.8. The molecule has 0 spiro atoms. The fourth-order valence-corrected chi connectivity index (χ4v) is 11.1. The van der Waals surface area contributed by atoms with Crippen LogP contribution in [0.5, 0.6) is 0 Å². The Morgan fingerprint density at radius 3 is 1.66 bits per heavy atom. The molecule has 0 N–H and O–H groups in total. The Labute approximate surface area is 400 Å². The Bertz CT molecular complexity index is 2310. The maximum atomic E-state index is 15.5. The Balaban J connectivity index is 1.42. The third-order valence-corrected chi connectivity index (χ3v) is 15.4. The molecule has 4 aromatic carbocycles. The van der Waals surface area contributed by atoms with Crippen molar-refractivity contribution in [1.82, 2.24) is 0 Å². The lowest BCUT2D eigenvalue weighted by atomic mass is 9.60. The number of benzene rings is 4. The average Bonchev–Trinajstić information content (AvgIpc) is 3.28. The highest BCUT2D eigenvalue weighted by molar-refractivity contribution is 9.10. The molecule has 3 aliphatic rings. The number of hydrogen-bond donors (Lipinski definition) is 0. The molecule has 2 fully saturated rings. The standard InChI is InChI=1S/C58H66Br2O4/c1-38(2)49-27-17-40(5)33-54(49)63-56(61)51(35-43-19-23-47(59)24-20-43)46-30-32-58(31-29-42-13-9-7-10-14-42,52(37-46)45-15-11-8-12-16-45)53(36-44-21-25-48(60)26-22-44)57(62)64-55-34-41(6)18-28-50(55)39(3)4/h7-16,19-26,29,31,35-41,49-50,52,54-55H,17-18,27-28,30,32-34H2,1-6H3/b31-29+,51-35-,53-36+/t40-,41-,49+,50+,52+,54-,55-,58-/m1/s1. The number of allylic oxidation sites excluding steroid dienone is 2. The number of halogens is 2. The van der Waals surface area contributed by atoms with Gasteiger partial charge in [-0.1, -0.05) is 189 Å². The SMILES string of the molecule is CC(C)[C@@H]1CC[C@@H](C)C[C@H]1OC(=O)/C(=C\c1ccc(Br)cc1)C1=C[C@@H](c2ccccc2)[C@](/C=C/c2ccccc2)(/C(=C/c2ccc(Br)cc2)C(=O)O[C@@H]2C[C@H](C)CC[C@H]2C(C)C)CC1. The van der Waals surface area contributed by atoms with E-state index < -0.39 is 5.41 Å². The molecule has 0 bridgehead atoms. The molecule has 336 valence electrons. The van der Waals surface area contributed by atoms with Crippen molar-refractivity contribution in [3.63, 3.8) is 0 Å². The molecule has 8 atom stereocenters. The summed E-state index contributed by atoms with van der Waals surface area (Å²) in [5, 5.41) is 0. The van der Waals surface area contributed by atoms with Gasteiger partial charge in [0.2, 0.25) is 0 Å². The van der Waals surface area contributed by atoms with E-state index >= 15 is 4.79 Å². The first-order chi connectivity index (χ1) is 30.8. The molecular formula is C58H66Br2O4. The van der Waals surface area contributed by atoms with Gasteiger partial charge in [-0.15, -0.1) is 0 Å². The smallest absolute Gasteiger partial charge is 0.338 e. The number of esters is 2. The van der Waals surface area contributed by atoms with Gasteiger partial charge in [-0.25, -0.2) is 9.59 Å². The first-order valence-electron chi connectivity index (χ1n) is 23.7. The Hall–Kier alpha value is -4.26. The van der Waals surface area contributed by atoms with Crippen molar-refractivity contribution in [1.29, 1.82) is 0 Å². The summed E-state index contributed by atoms with van der Waals surface area (Å²) in [6.45, 7) is 13.6. The summed E-state index contributed by atoms with van der Waals surface area (Å²) in [5.41, 5.74) is 5.18. The summed E-state index contributed by atoms with van der Waals surface area (Å²) in [7, 11) is 0. The van der Waals surface area contributed by atoms with Crippen LogP contribution >= 0.6 is 31.9 Å². The number of carbonyl (C=O) groups is 2. The molecule has 0 heterocycles. The van der Waals surface area contributed by atoms with E-state index in [1.165, 1.54) is 0 Å². The molecule has 0 saturated heterocycles. The Morgan fingerprint density at radius 1 is 0.625 bits per heavy atom. The molecule has 2 saturated carbocycles. The van der Waals surface area contributed by atoms with Crippen LogP contribution in [-0.4, -0.2) is 24.1 Å². The van der Waals surface area contributed by atoms with Gasteiger partial charge in [-0.3, -0.25) is 0 Å². The number of rotatable bonds is 13. The van der Waals surface area contributed by atoms with Crippen LogP contribution in [0.3, 0.4) is 0 Å². The second kappa shape index (κ2) is 21.8. The van der Waals surface area contributed by atoms with E-state index in [0.29, 0.717) is 53.6 Å². The van der Waals surface area contributed by atoms with E-state index in [9.17, 15) is 4.79 Å². The Morgan fingerprint density at radius 2 is 1.12 bits per heavy atom. The molecule has 64 heavy (non-hydrogen) atoms. The Kier molecular flexibility index (Phi) is 16.3.